The zero-order chi connectivity index (χ0) is 6.15. The van der Waals surface area contributed by atoms with E-state index in [4.69, 9.17) is 19.9 Å². The number of nitrogens with one attached hydrogen (secondary N) is 1. The van der Waals surface area contributed by atoms with E-state index in [1.807, 2.05) is 0 Å². The van der Waals surface area contributed by atoms with Gasteiger partial charge in [0.2, 0.25) is 0 Å². The van der Waals surface area contributed by atoms with Crippen LogP contribution in [0, 0.1) is 0 Å². The molecule has 0 aromatic rings. The van der Waals surface area contributed by atoms with Crippen LogP contribution in [0.2, 0.25) is 0 Å². The molecule has 46 valence electrons. The van der Waals surface area contributed by atoms with E-state index < -0.39 is 7.43 Å². The molecule has 5 nitrogen and oxygen atoms in total. The zero-order valence-electron chi connectivity index (χ0n) is 3.74. The molecule has 0 saturated carbocycles. The topological polar surface area (TPSA) is 93.0 Å². The summed E-state index contributed by atoms with van der Waals surface area (Å²) in [5.41, 5.74) is 0. The van der Waals surface area contributed by atoms with Crippen LogP contribution in [0.5, 0.6) is 0 Å². The Bertz CT molecular complexity index is 64.2. The van der Waals surface area contributed by atoms with E-state index in [0.29, 0.717) is 6.66 Å². The van der Waals surface area contributed by atoms with Gasteiger partial charge >= 0.3 is 39.2 Å². The third-order valence-corrected chi connectivity index (χ3v) is 0.702. The third-order valence-electron chi connectivity index (χ3n) is 0.234. The minimum atomic E-state index is -4.77. The second-order valence-electron chi connectivity index (χ2n) is 1.49. The van der Waals surface area contributed by atoms with E-state index in [-0.39, 0.29) is 0 Å². The average molecular weight is 129 g/mol. The van der Waals surface area contributed by atoms with Gasteiger partial charge in [0.15, 0.2) is 0 Å². The molecule has 0 aromatic carbocycles. The van der Waals surface area contributed by atoms with Crippen LogP contribution in [0.1, 0.15) is 0 Å². The minimum absolute atomic E-state index is 0.700. The first-order valence-electron chi connectivity index (χ1n) is 1.49. The Kier molecular flexibility index (Phi) is 1.40. The fourth-order valence-electron chi connectivity index (χ4n) is 0. The van der Waals surface area contributed by atoms with Crippen molar-refractivity contribution in [3.05, 3.63) is 0 Å². The fraction of sp³-hybridized carbons (Fsp3) is 1.00. The first kappa shape index (κ1) is 7.23. The normalized spacial score (nSPS) is 18.1. The van der Waals surface area contributed by atoms with Gasteiger partial charge in [-0.2, -0.15) is 0 Å². The van der Waals surface area contributed by atoms with Crippen LogP contribution in [-0.4, -0.2) is 26.6 Å². The molecule has 0 aromatic heterocycles. The summed E-state index contributed by atoms with van der Waals surface area (Å²) in [5, 5.41) is 8.70. The van der Waals surface area contributed by atoms with Gasteiger partial charge in [-0.1, -0.05) is 0 Å². The summed E-state index contributed by atoms with van der Waals surface area (Å²) in [4.78, 5) is 24.5. The van der Waals surface area contributed by atoms with Crippen molar-refractivity contribution in [1.29, 1.82) is 0 Å². The molecule has 7 heavy (non-hydrogen) atoms. The summed E-state index contributed by atoms with van der Waals surface area (Å²) < 4.78 is 0. The molecule has 0 radical (unpaired) electrons. The predicted octanol–water partition coefficient (Wildman–Crippen LogP) is -1.21. The summed E-state index contributed by atoms with van der Waals surface area (Å²) >= 11 is 0. The van der Waals surface area contributed by atoms with Gasteiger partial charge in [0.1, 0.15) is 0 Å². The van der Waals surface area contributed by atoms with Gasteiger partial charge in [0.25, 0.3) is 0 Å². The van der Waals surface area contributed by atoms with Gasteiger partial charge in [0.05, 0.1) is 0 Å². The van der Waals surface area contributed by atoms with E-state index in [1.165, 1.54) is 0 Å². The van der Waals surface area contributed by atoms with E-state index in [2.05, 4.69) is 0 Å². The zero-order valence-corrected chi connectivity index (χ0v) is 4.63. The van der Waals surface area contributed by atoms with Crippen molar-refractivity contribution in [2.75, 3.05) is 6.66 Å². The summed E-state index contributed by atoms with van der Waals surface area (Å²) in [5.74, 6) is 0. The van der Waals surface area contributed by atoms with Gasteiger partial charge in [-0.3, -0.25) is 0 Å². The van der Waals surface area contributed by atoms with Crippen LogP contribution in [0.15, 0.2) is 0 Å². The van der Waals surface area contributed by atoms with Crippen molar-refractivity contribution < 1.29 is 19.9 Å². The molecule has 0 unspecified atom stereocenters. The second-order valence-corrected chi connectivity index (χ2v) is 4.48. The van der Waals surface area contributed by atoms with E-state index in [0.717, 1.165) is 5.25 Å². The molecule has 0 aliphatic carbocycles. The van der Waals surface area contributed by atoms with Crippen LogP contribution >= 0.6 is 7.43 Å². The maximum atomic E-state index is 8.17. The van der Waals surface area contributed by atoms with Crippen molar-refractivity contribution in [2.45, 2.75) is 0 Å². The first-order valence-corrected chi connectivity index (χ1v) is 4.04. The van der Waals surface area contributed by atoms with Gasteiger partial charge in [-0.15, -0.1) is 0 Å². The van der Waals surface area contributed by atoms with Crippen LogP contribution in [0.4, 0.5) is 0 Å². The van der Waals surface area contributed by atoms with E-state index in [1.54, 1.807) is 0 Å². The third kappa shape index (κ3) is 6.23. The molecule has 0 heterocycles. The molecule has 0 fully saturated rings. The van der Waals surface area contributed by atoms with Gasteiger partial charge in [-0.25, -0.2) is 0 Å². The van der Waals surface area contributed by atoms with Crippen LogP contribution in [-0.2, 0) is 0 Å². The molecule has 0 aliphatic rings. The molecule has 0 aliphatic heterocycles. The number of hydrogen-bond acceptors (Lipinski definition) is 5. The molecule has 0 saturated heterocycles. The van der Waals surface area contributed by atoms with Gasteiger partial charge in [0, 0.05) is 0 Å². The maximum absolute atomic E-state index is 8.17. The second kappa shape index (κ2) is 1.35. The van der Waals surface area contributed by atoms with Crippen LogP contribution in [0.25, 0.3) is 0 Å². The van der Waals surface area contributed by atoms with Gasteiger partial charge < -0.3 is 0 Å². The summed E-state index contributed by atoms with van der Waals surface area (Å²) in [7, 11) is -4.77. The number of hydrogen-bond donors (Lipinski definition) is 5. The van der Waals surface area contributed by atoms with Crippen molar-refractivity contribution in [3.8, 4) is 0 Å². The molecule has 0 spiro atoms. The Labute approximate surface area is 40.4 Å². The van der Waals surface area contributed by atoms with Crippen molar-refractivity contribution in [2.24, 2.45) is 0 Å². The number of rotatable bonds is 1. The van der Waals surface area contributed by atoms with E-state index >= 15 is 0 Å². The summed E-state index contributed by atoms with van der Waals surface area (Å²) in [6.07, 6.45) is 0. The molecule has 0 atom stereocenters. The van der Waals surface area contributed by atoms with Crippen LogP contribution in [0.3, 0.4) is 0 Å². The molecular weight excluding hydrogens is 121 g/mol. The standard InChI is InChI=1S/CH8NO4P/c1-7(4,5,6)2-3/h2-6H,1H3. The molecule has 0 amide bonds. The monoisotopic (exact) mass is 129 g/mol. The summed E-state index contributed by atoms with van der Waals surface area (Å²) in [6, 6.07) is 0. The Morgan fingerprint density at radius 2 is 1.43 bits per heavy atom. The Balaban J connectivity index is 3.83. The SMILES string of the molecule is CP(O)(O)(O)NO. The van der Waals surface area contributed by atoms with Crippen LogP contribution < -0.4 is 5.25 Å². The van der Waals surface area contributed by atoms with Crippen molar-refractivity contribution >= 4 is 7.43 Å². The fourth-order valence-corrected chi connectivity index (χ4v) is 0. The molecular formula is CH8NO4P. The quantitative estimate of drug-likeness (QED) is 0.226. The first-order chi connectivity index (χ1) is 2.81. The molecule has 0 rings (SSSR count). The van der Waals surface area contributed by atoms with Gasteiger partial charge in [-0.05, 0) is 0 Å². The van der Waals surface area contributed by atoms with Crippen molar-refractivity contribution in [1.82, 2.24) is 5.25 Å². The predicted molar refractivity (Wildman–Crippen MR) is 24.4 cm³/mol. The Morgan fingerprint density at radius 1 is 1.29 bits per heavy atom. The van der Waals surface area contributed by atoms with Crippen molar-refractivity contribution in [3.63, 3.8) is 0 Å². The Morgan fingerprint density at radius 3 is 1.43 bits per heavy atom. The molecule has 0 bridgehead atoms. The van der Waals surface area contributed by atoms with E-state index in [9.17, 15) is 0 Å². The average Bonchev–Trinajstić information content (AvgIpc) is 1.32. The molecule has 5 N–H and O–H groups in total. The Hall–Kier alpha value is 0.230. The molecule has 6 heteroatoms. The summed E-state index contributed by atoms with van der Waals surface area (Å²) in [6.45, 7) is 0.700.